The van der Waals surface area contributed by atoms with Crippen molar-refractivity contribution in [2.75, 3.05) is 5.43 Å². The molecule has 7 heteroatoms. The van der Waals surface area contributed by atoms with Crippen LogP contribution in [0.3, 0.4) is 0 Å². The molecule has 0 spiro atoms. The maximum Gasteiger partial charge on any atom is 2.00 e. The van der Waals surface area contributed by atoms with Crippen LogP contribution in [0.5, 0.6) is 0 Å². The fourth-order valence-electron chi connectivity index (χ4n) is 2.86. The fraction of sp³-hybridized carbons (Fsp3) is 0.130. The molecule has 1 N–H and O–H groups in total. The Morgan fingerprint density at radius 2 is 1.70 bits per heavy atom. The number of benzene rings is 1. The summed E-state index contributed by atoms with van der Waals surface area (Å²) < 4.78 is 1.72. The van der Waals surface area contributed by atoms with Crippen LogP contribution in [-0.2, 0) is 17.1 Å². The van der Waals surface area contributed by atoms with Crippen molar-refractivity contribution in [2.24, 2.45) is 11.0 Å². The maximum atomic E-state index is 4.53. The molecule has 2 aliphatic carbocycles. The minimum atomic E-state index is 0. The molecule has 1 aromatic carbocycles. The molecule has 5 rings (SSSR count). The van der Waals surface area contributed by atoms with Crippen LogP contribution in [0.25, 0.3) is 17.0 Å². The molecule has 0 unspecified atom stereocenters. The summed E-state index contributed by atoms with van der Waals surface area (Å²) in [5.74, 6) is 1.58. The molecule has 150 valence electrons. The van der Waals surface area contributed by atoms with Gasteiger partial charge in [-0.05, 0) is 25.5 Å². The van der Waals surface area contributed by atoms with Crippen LogP contribution in [0.1, 0.15) is 12.0 Å². The first-order valence-corrected chi connectivity index (χ1v) is 9.55. The molecule has 2 heterocycles. The number of aryl methyl sites for hydroxylation is 1. The molecule has 0 fully saturated rings. The predicted octanol–water partition coefficient (Wildman–Crippen LogP) is 4.74. The summed E-state index contributed by atoms with van der Waals surface area (Å²) in [4.78, 5) is 0. The molecular weight excluding hydrogens is 416 g/mol. The van der Waals surface area contributed by atoms with Crippen LogP contribution >= 0.6 is 0 Å². The van der Waals surface area contributed by atoms with Crippen molar-refractivity contribution in [3.05, 3.63) is 90.6 Å². The van der Waals surface area contributed by atoms with E-state index in [0.717, 1.165) is 12.0 Å². The zero-order chi connectivity index (χ0) is 19.9. The Balaban J connectivity index is 0.000000376. The van der Waals surface area contributed by atoms with Gasteiger partial charge in [0.15, 0.2) is 17.3 Å². The zero-order valence-electron chi connectivity index (χ0n) is 16.5. The number of hydrazone groups is 1. The van der Waals surface area contributed by atoms with Gasteiger partial charge in [-0.1, -0.05) is 78.4 Å². The molecule has 2 aromatic heterocycles. The molecule has 6 nitrogen and oxygen atoms in total. The van der Waals surface area contributed by atoms with Gasteiger partial charge in [-0.25, -0.2) is 0 Å². The fourth-order valence-corrected chi connectivity index (χ4v) is 2.86. The number of anilines is 1. The van der Waals surface area contributed by atoms with E-state index in [2.05, 4.69) is 69.2 Å². The summed E-state index contributed by atoms with van der Waals surface area (Å²) in [7, 11) is 0. The van der Waals surface area contributed by atoms with Crippen LogP contribution in [-0.4, -0.2) is 26.0 Å². The Morgan fingerprint density at radius 1 is 0.967 bits per heavy atom. The van der Waals surface area contributed by atoms with Crippen LogP contribution in [0.15, 0.2) is 90.1 Å². The second-order valence-corrected chi connectivity index (χ2v) is 6.71. The zero-order valence-corrected chi connectivity index (χ0v) is 17.6. The number of nitrogens with one attached hydrogen (secondary N) is 1. The Bertz CT molecular complexity index is 1100. The van der Waals surface area contributed by atoms with E-state index in [-0.39, 0.29) is 23.0 Å². The average Bonchev–Trinajstić information content (AvgIpc) is 3.52. The van der Waals surface area contributed by atoms with Crippen LogP contribution in [0.4, 0.5) is 5.82 Å². The third-order valence-electron chi connectivity index (χ3n) is 4.43. The van der Waals surface area contributed by atoms with E-state index in [1.807, 2.05) is 54.8 Å². The van der Waals surface area contributed by atoms with Crippen LogP contribution in [0.2, 0.25) is 0 Å². The van der Waals surface area contributed by atoms with E-state index in [0.29, 0.717) is 17.3 Å². The van der Waals surface area contributed by atoms with Crippen molar-refractivity contribution < 1.29 is 17.1 Å². The van der Waals surface area contributed by atoms with Gasteiger partial charge in [0.2, 0.25) is 0 Å². The molecule has 0 saturated carbocycles. The smallest absolute Gasteiger partial charge is 0.260 e. The third kappa shape index (κ3) is 5.41. The topological polar surface area (TPSA) is 67.5 Å². The number of hydrogen-bond donors (Lipinski definition) is 1. The number of nitrogens with zero attached hydrogens (tertiary/aromatic N) is 5. The van der Waals surface area contributed by atoms with Crippen LogP contribution < -0.4 is 5.43 Å². The first-order valence-electron chi connectivity index (χ1n) is 9.55. The van der Waals surface area contributed by atoms with Gasteiger partial charge in [0.25, 0.3) is 0 Å². The van der Waals surface area contributed by atoms with Gasteiger partial charge in [-0.3, -0.25) is 5.43 Å². The van der Waals surface area contributed by atoms with Gasteiger partial charge in [0.05, 0.1) is 0 Å². The normalized spacial score (nSPS) is 14.3. The molecule has 30 heavy (non-hydrogen) atoms. The van der Waals surface area contributed by atoms with E-state index in [4.69, 9.17) is 0 Å². The quantitative estimate of drug-likeness (QED) is 0.363. The van der Waals surface area contributed by atoms with Crippen molar-refractivity contribution in [2.45, 2.75) is 13.3 Å². The molecule has 0 atom stereocenters. The summed E-state index contributed by atoms with van der Waals surface area (Å²) in [6.07, 6.45) is 19.5. The van der Waals surface area contributed by atoms with Gasteiger partial charge in [0.1, 0.15) is 0 Å². The number of fused-ring (bicyclic) bond motifs is 1. The van der Waals surface area contributed by atoms with Crippen molar-refractivity contribution in [1.82, 2.24) is 19.8 Å². The monoisotopic (exact) mass is 438 g/mol. The van der Waals surface area contributed by atoms with Gasteiger partial charge in [0, 0.05) is 17.7 Å². The van der Waals surface area contributed by atoms with E-state index in [9.17, 15) is 0 Å². The van der Waals surface area contributed by atoms with Crippen molar-refractivity contribution in [3.8, 4) is 11.4 Å². The minimum absolute atomic E-state index is 0. The maximum absolute atomic E-state index is 4.53. The van der Waals surface area contributed by atoms with Crippen molar-refractivity contribution in [1.29, 1.82) is 0 Å². The second kappa shape index (κ2) is 10.5. The Hall–Kier alpha value is -3.28. The van der Waals surface area contributed by atoms with Gasteiger partial charge in [-0.15, -0.1) is 15.3 Å². The summed E-state index contributed by atoms with van der Waals surface area (Å²) in [6, 6.07) is 11.8. The van der Waals surface area contributed by atoms with E-state index in [1.54, 1.807) is 4.52 Å². The van der Waals surface area contributed by atoms with E-state index < -0.39 is 0 Å². The SMILES string of the molecule is C1=CCC=C1.Cc1ccc(-c2nnc3ccc(N/N=C/C4C=CC=C4)nn23)cc1.[Fe+2]. The minimum Gasteiger partial charge on any atom is -0.260 e. The molecule has 0 bridgehead atoms. The second-order valence-electron chi connectivity index (χ2n) is 6.71. The average molecular weight is 438 g/mol. The third-order valence-corrected chi connectivity index (χ3v) is 4.43. The number of allylic oxidation sites excluding steroid dienone is 8. The molecular formula is C23H22FeN6+2. The predicted molar refractivity (Wildman–Crippen MR) is 118 cm³/mol. The first-order chi connectivity index (χ1) is 14.3. The number of rotatable bonds is 4. The molecule has 0 radical (unpaired) electrons. The number of hydrogen-bond acceptors (Lipinski definition) is 5. The first kappa shape index (κ1) is 21.4. The number of aromatic nitrogens is 4. The van der Waals surface area contributed by atoms with E-state index in [1.165, 1.54) is 5.56 Å². The Labute approximate surface area is 186 Å². The summed E-state index contributed by atoms with van der Waals surface area (Å²) in [5, 5.41) is 17.2. The van der Waals surface area contributed by atoms with Crippen LogP contribution in [0, 0.1) is 12.8 Å². The van der Waals surface area contributed by atoms with E-state index >= 15 is 0 Å². The molecule has 0 saturated heterocycles. The summed E-state index contributed by atoms with van der Waals surface area (Å²) >= 11 is 0. The summed E-state index contributed by atoms with van der Waals surface area (Å²) in [6.45, 7) is 2.05. The van der Waals surface area contributed by atoms with Crippen molar-refractivity contribution in [3.63, 3.8) is 0 Å². The molecule has 3 aromatic rings. The Morgan fingerprint density at radius 3 is 2.37 bits per heavy atom. The standard InChI is InChI=1S/C18H16N6.C5H6.Fe/c1-13-6-8-15(9-7-13)18-22-21-17-11-10-16(23-24(17)18)20-19-12-14-4-2-3-5-14;1-2-4-5-3-1;/h2-12,14H,1H3,(H,20,23);1-4H,5H2;/q;;+2/b19-12+;;. The summed E-state index contributed by atoms with van der Waals surface area (Å²) in [5.41, 5.74) is 5.83. The molecule has 0 aliphatic heterocycles. The van der Waals surface area contributed by atoms with Gasteiger partial charge < -0.3 is 0 Å². The molecule has 2 aliphatic rings. The van der Waals surface area contributed by atoms with Gasteiger partial charge >= 0.3 is 17.1 Å². The van der Waals surface area contributed by atoms with Gasteiger partial charge in [-0.2, -0.15) is 9.62 Å². The molecule has 0 amide bonds. The largest absolute Gasteiger partial charge is 2.00 e. The van der Waals surface area contributed by atoms with Crippen molar-refractivity contribution >= 4 is 17.7 Å². The Kier molecular flexibility index (Phi) is 7.49.